The SMILES string of the molecule is O=C(C1CC(C2CC2)NN1)N1CCN(Cc2ccccc2)CC1. The molecule has 1 saturated carbocycles. The largest absolute Gasteiger partial charge is 0.339 e. The maximum atomic E-state index is 12.7. The number of hydrogen-bond donors (Lipinski definition) is 2. The van der Waals surface area contributed by atoms with Crippen molar-refractivity contribution in [3.63, 3.8) is 0 Å². The summed E-state index contributed by atoms with van der Waals surface area (Å²) in [5, 5.41) is 0. The molecule has 124 valence electrons. The van der Waals surface area contributed by atoms with Crippen LogP contribution in [0, 0.1) is 5.92 Å². The van der Waals surface area contributed by atoms with Crippen molar-refractivity contribution in [2.45, 2.75) is 37.9 Å². The highest BCUT2D eigenvalue weighted by atomic mass is 16.2. The number of hydrogen-bond acceptors (Lipinski definition) is 4. The van der Waals surface area contributed by atoms with Crippen molar-refractivity contribution in [2.24, 2.45) is 5.92 Å². The Morgan fingerprint density at radius 1 is 1.04 bits per heavy atom. The maximum Gasteiger partial charge on any atom is 0.241 e. The van der Waals surface area contributed by atoms with Gasteiger partial charge in [0.15, 0.2) is 0 Å². The first kappa shape index (κ1) is 15.1. The lowest BCUT2D eigenvalue weighted by Crippen LogP contribution is -2.53. The maximum absolute atomic E-state index is 12.7. The highest BCUT2D eigenvalue weighted by Gasteiger charge is 2.40. The lowest BCUT2D eigenvalue weighted by Gasteiger charge is -2.35. The van der Waals surface area contributed by atoms with E-state index < -0.39 is 0 Å². The molecule has 3 aliphatic rings. The Balaban J connectivity index is 1.25. The summed E-state index contributed by atoms with van der Waals surface area (Å²) in [7, 11) is 0. The molecule has 2 unspecified atom stereocenters. The van der Waals surface area contributed by atoms with Gasteiger partial charge < -0.3 is 4.90 Å². The number of hydrazine groups is 1. The topological polar surface area (TPSA) is 47.6 Å². The van der Waals surface area contributed by atoms with Gasteiger partial charge in [0, 0.05) is 38.8 Å². The van der Waals surface area contributed by atoms with Crippen LogP contribution in [-0.4, -0.2) is 54.0 Å². The zero-order valence-corrected chi connectivity index (χ0v) is 13.6. The molecule has 1 aromatic rings. The Labute approximate surface area is 138 Å². The third-order valence-corrected chi connectivity index (χ3v) is 5.35. The van der Waals surface area contributed by atoms with Crippen LogP contribution < -0.4 is 10.9 Å². The van der Waals surface area contributed by atoms with Crippen molar-refractivity contribution in [3.05, 3.63) is 35.9 Å². The number of benzene rings is 1. The van der Waals surface area contributed by atoms with Crippen LogP contribution in [0.3, 0.4) is 0 Å². The second kappa shape index (κ2) is 6.59. The molecule has 2 saturated heterocycles. The average Bonchev–Trinajstić information content (AvgIpc) is 3.33. The summed E-state index contributed by atoms with van der Waals surface area (Å²) in [6.45, 7) is 4.60. The molecule has 5 nitrogen and oxygen atoms in total. The fourth-order valence-corrected chi connectivity index (χ4v) is 3.74. The standard InChI is InChI=1S/C18H26N4O/c23-18(17-12-16(19-20-17)15-6-7-15)22-10-8-21(9-11-22)13-14-4-2-1-3-5-14/h1-5,15-17,19-20H,6-13H2. The summed E-state index contributed by atoms with van der Waals surface area (Å²) < 4.78 is 0. The molecule has 3 fully saturated rings. The van der Waals surface area contributed by atoms with E-state index in [1.165, 1.54) is 18.4 Å². The van der Waals surface area contributed by atoms with Crippen molar-refractivity contribution in [1.29, 1.82) is 0 Å². The molecule has 2 heterocycles. The summed E-state index contributed by atoms with van der Waals surface area (Å²) in [5.41, 5.74) is 7.89. The first-order valence-corrected chi connectivity index (χ1v) is 8.86. The molecule has 2 N–H and O–H groups in total. The molecule has 0 radical (unpaired) electrons. The first-order chi connectivity index (χ1) is 11.3. The van der Waals surface area contributed by atoms with Gasteiger partial charge in [-0.2, -0.15) is 0 Å². The minimum absolute atomic E-state index is 0.0266. The predicted octanol–water partition coefficient (Wildman–Crippen LogP) is 0.976. The molecule has 2 aliphatic heterocycles. The molecular weight excluding hydrogens is 288 g/mol. The van der Waals surface area contributed by atoms with Gasteiger partial charge in [0.25, 0.3) is 0 Å². The van der Waals surface area contributed by atoms with Crippen LogP contribution >= 0.6 is 0 Å². The van der Waals surface area contributed by atoms with E-state index >= 15 is 0 Å². The minimum Gasteiger partial charge on any atom is -0.339 e. The molecule has 5 heteroatoms. The fourth-order valence-electron chi connectivity index (χ4n) is 3.74. The van der Waals surface area contributed by atoms with Gasteiger partial charge in [-0.3, -0.25) is 15.1 Å². The Hall–Kier alpha value is -1.43. The summed E-state index contributed by atoms with van der Waals surface area (Å²) in [6, 6.07) is 11.0. The fraction of sp³-hybridized carbons (Fsp3) is 0.611. The molecule has 1 aliphatic carbocycles. The van der Waals surface area contributed by atoms with Crippen molar-refractivity contribution in [1.82, 2.24) is 20.7 Å². The first-order valence-electron chi connectivity index (χ1n) is 8.86. The van der Waals surface area contributed by atoms with E-state index in [2.05, 4.69) is 46.1 Å². The van der Waals surface area contributed by atoms with Gasteiger partial charge in [-0.1, -0.05) is 30.3 Å². The number of carbonyl (C=O) groups excluding carboxylic acids is 1. The number of nitrogens with one attached hydrogen (secondary N) is 2. The predicted molar refractivity (Wildman–Crippen MR) is 89.5 cm³/mol. The van der Waals surface area contributed by atoms with Crippen LogP contribution in [0.1, 0.15) is 24.8 Å². The van der Waals surface area contributed by atoms with Crippen LogP contribution in [0.5, 0.6) is 0 Å². The Morgan fingerprint density at radius 2 is 1.78 bits per heavy atom. The summed E-state index contributed by atoms with van der Waals surface area (Å²) in [6.07, 6.45) is 3.59. The molecular formula is C18H26N4O. The van der Waals surface area contributed by atoms with E-state index in [0.717, 1.165) is 45.1 Å². The second-order valence-electron chi connectivity index (χ2n) is 7.11. The van der Waals surface area contributed by atoms with Gasteiger partial charge in [-0.05, 0) is 30.7 Å². The van der Waals surface area contributed by atoms with E-state index in [1.54, 1.807) is 0 Å². The van der Waals surface area contributed by atoms with E-state index in [-0.39, 0.29) is 11.9 Å². The highest BCUT2D eigenvalue weighted by Crippen LogP contribution is 2.35. The highest BCUT2D eigenvalue weighted by molar-refractivity contribution is 5.82. The van der Waals surface area contributed by atoms with Crippen molar-refractivity contribution < 1.29 is 4.79 Å². The van der Waals surface area contributed by atoms with Gasteiger partial charge in [0.05, 0.1) is 0 Å². The second-order valence-corrected chi connectivity index (χ2v) is 7.11. The summed E-state index contributed by atoms with van der Waals surface area (Å²) in [5.74, 6) is 1.07. The number of carbonyl (C=O) groups is 1. The van der Waals surface area contributed by atoms with E-state index in [9.17, 15) is 4.79 Å². The Kier molecular flexibility index (Phi) is 4.33. The summed E-state index contributed by atoms with van der Waals surface area (Å²) in [4.78, 5) is 17.1. The van der Waals surface area contributed by atoms with E-state index in [1.807, 2.05) is 4.90 Å². The van der Waals surface area contributed by atoms with Crippen molar-refractivity contribution in [3.8, 4) is 0 Å². The number of amides is 1. The van der Waals surface area contributed by atoms with Gasteiger partial charge >= 0.3 is 0 Å². The van der Waals surface area contributed by atoms with E-state index in [4.69, 9.17) is 0 Å². The lowest BCUT2D eigenvalue weighted by molar-refractivity contribution is -0.135. The molecule has 0 aromatic heterocycles. The molecule has 1 aromatic carbocycles. The van der Waals surface area contributed by atoms with Crippen molar-refractivity contribution >= 4 is 5.91 Å². The quantitative estimate of drug-likeness (QED) is 0.870. The molecule has 23 heavy (non-hydrogen) atoms. The minimum atomic E-state index is -0.0266. The van der Waals surface area contributed by atoms with Gasteiger partial charge in [0.2, 0.25) is 5.91 Å². The summed E-state index contributed by atoms with van der Waals surface area (Å²) >= 11 is 0. The third-order valence-electron chi connectivity index (χ3n) is 5.35. The average molecular weight is 314 g/mol. The zero-order valence-electron chi connectivity index (χ0n) is 13.6. The van der Waals surface area contributed by atoms with Crippen LogP contribution in [0.4, 0.5) is 0 Å². The molecule has 0 bridgehead atoms. The van der Waals surface area contributed by atoms with Crippen LogP contribution in [0.25, 0.3) is 0 Å². The number of rotatable bonds is 4. The lowest BCUT2D eigenvalue weighted by atomic mass is 10.1. The van der Waals surface area contributed by atoms with Gasteiger partial charge in [-0.15, -0.1) is 0 Å². The molecule has 1 amide bonds. The van der Waals surface area contributed by atoms with Crippen LogP contribution in [-0.2, 0) is 11.3 Å². The zero-order chi connectivity index (χ0) is 15.6. The smallest absolute Gasteiger partial charge is 0.241 e. The van der Waals surface area contributed by atoms with Crippen LogP contribution in [0.2, 0.25) is 0 Å². The monoisotopic (exact) mass is 314 g/mol. The normalized spacial score (nSPS) is 29.0. The molecule has 4 rings (SSSR count). The molecule has 0 spiro atoms. The van der Waals surface area contributed by atoms with E-state index in [0.29, 0.717) is 6.04 Å². The van der Waals surface area contributed by atoms with Gasteiger partial charge in [-0.25, -0.2) is 5.43 Å². The number of nitrogens with zero attached hydrogens (tertiary/aromatic N) is 2. The number of piperazine rings is 1. The van der Waals surface area contributed by atoms with Crippen molar-refractivity contribution in [2.75, 3.05) is 26.2 Å². The van der Waals surface area contributed by atoms with Gasteiger partial charge in [0.1, 0.15) is 6.04 Å². The Morgan fingerprint density at radius 3 is 2.48 bits per heavy atom. The van der Waals surface area contributed by atoms with Crippen LogP contribution in [0.15, 0.2) is 30.3 Å². The third kappa shape index (κ3) is 3.57. The Bertz CT molecular complexity index is 537. The molecule has 2 atom stereocenters.